The maximum absolute atomic E-state index is 13.4. The second kappa shape index (κ2) is 8.05. The minimum atomic E-state index is -3.78. The predicted molar refractivity (Wildman–Crippen MR) is 121 cm³/mol. The molecule has 7 nitrogen and oxygen atoms in total. The van der Waals surface area contributed by atoms with E-state index in [-0.39, 0.29) is 15.8 Å². The van der Waals surface area contributed by atoms with Crippen LogP contribution < -0.4 is 0 Å². The third kappa shape index (κ3) is 3.59. The van der Waals surface area contributed by atoms with Crippen LogP contribution in [0.1, 0.15) is 38.1 Å². The number of benzene rings is 2. The van der Waals surface area contributed by atoms with E-state index in [1.807, 2.05) is 25.1 Å². The monoisotopic (exact) mass is 461 g/mol. The van der Waals surface area contributed by atoms with Crippen LogP contribution in [-0.2, 0) is 26.5 Å². The van der Waals surface area contributed by atoms with Crippen molar-refractivity contribution in [2.24, 2.45) is 0 Å². The molecule has 1 aliphatic heterocycles. The summed E-state index contributed by atoms with van der Waals surface area (Å²) in [5, 5.41) is 1.13. The van der Waals surface area contributed by atoms with Crippen molar-refractivity contribution >= 4 is 30.9 Å². The minimum absolute atomic E-state index is 0.0948. The van der Waals surface area contributed by atoms with Gasteiger partial charge in [-0.2, -0.15) is 8.61 Å². The zero-order chi connectivity index (χ0) is 22.4. The molecule has 1 unspecified atom stereocenters. The molecule has 9 heteroatoms. The number of rotatable bonds is 6. The van der Waals surface area contributed by atoms with Crippen molar-refractivity contribution in [2.75, 3.05) is 19.6 Å². The third-order valence-corrected chi connectivity index (χ3v) is 10.1. The number of H-pyrrole nitrogens is 1. The first-order valence-electron chi connectivity index (χ1n) is 10.4. The summed E-state index contributed by atoms with van der Waals surface area (Å²) < 4.78 is 55.0. The Morgan fingerprint density at radius 3 is 2.23 bits per heavy atom. The maximum Gasteiger partial charge on any atom is 0.243 e. The summed E-state index contributed by atoms with van der Waals surface area (Å²) in [4.78, 5) is 3.57. The Morgan fingerprint density at radius 1 is 0.968 bits per heavy atom. The zero-order valence-electron chi connectivity index (χ0n) is 17.9. The molecule has 2 aromatic carbocycles. The highest BCUT2D eigenvalue weighted by molar-refractivity contribution is 7.89. The average Bonchev–Trinajstić information content (AvgIpc) is 3.14. The van der Waals surface area contributed by atoms with Crippen LogP contribution in [0.4, 0.5) is 0 Å². The van der Waals surface area contributed by atoms with Crippen LogP contribution in [0.5, 0.6) is 0 Å². The molecule has 1 aliphatic rings. The number of nitrogens with one attached hydrogen (secondary N) is 1. The molecule has 1 atom stereocenters. The number of para-hydroxylation sites is 1. The Hall–Kier alpha value is -2.20. The summed E-state index contributed by atoms with van der Waals surface area (Å²) in [5.41, 5.74) is 3.08. The molecular weight excluding hydrogens is 434 g/mol. The molecule has 0 bridgehead atoms. The van der Waals surface area contributed by atoms with Crippen molar-refractivity contribution in [1.82, 2.24) is 13.6 Å². The molecule has 166 valence electrons. The fourth-order valence-corrected chi connectivity index (χ4v) is 7.43. The second-order valence-electron chi connectivity index (χ2n) is 7.67. The van der Waals surface area contributed by atoms with Gasteiger partial charge in [0.05, 0.1) is 15.8 Å². The predicted octanol–water partition coefficient (Wildman–Crippen LogP) is 3.51. The van der Waals surface area contributed by atoms with Gasteiger partial charge in [-0.15, -0.1) is 0 Å². The molecule has 0 amide bonds. The Morgan fingerprint density at radius 2 is 1.58 bits per heavy atom. The quantitative estimate of drug-likeness (QED) is 0.608. The standard InChI is InChI=1S/C22H27N3O4S2/c1-4-24(5-2)30(26,27)17-10-12-18(13-11-17)31(28,29)25-15-14-20-19-8-6-7-9-21(19)23-22(20)16(25)3/h6-13,16,23H,4-5,14-15H2,1-3H3. The van der Waals surface area contributed by atoms with E-state index in [0.29, 0.717) is 26.1 Å². The van der Waals surface area contributed by atoms with Crippen LogP contribution in [0.2, 0.25) is 0 Å². The van der Waals surface area contributed by atoms with Gasteiger partial charge in [0, 0.05) is 36.2 Å². The van der Waals surface area contributed by atoms with Gasteiger partial charge in [0.1, 0.15) is 0 Å². The van der Waals surface area contributed by atoms with E-state index >= 15 is 0 Å². The van der Waals surface area contributed by atoms with Gasteiger partial charge in [-0.25, -0.2) is 16.8 Å². The number of aromatic nitrogens is 1. The number of fused-ring (bicyclic) bond motifs is 3. The molecule has 31 heavy (non-hydrogen) atoms. The van der Waals surface area contributed by atoms with E-state index in [1.165, 1.54) is 32.9 Å². The lowest BCUT2D eigenvalue weighted by Gasteiger charge is -2.32. The first-order chi connectivity index (χ1) is 14.7. The smallest absolute Gasteiger partial charge is 0.243 e. The summed E-state index contributed by atoms with van der Waals surface area (Å²) in [6, 6.07) is 13.2. The molecule has 0 radical (unpaired) electrons. The highest BCUT2D eigenvalue weighted by Crippen LogP contribution is 2.37. The van der Waals surface area contributed by atoms with E-state index in [1.54, 1.807) is 13.8 Å². The van der Waals surface area contributed by atoms with Crippen molar-refractivity contribution in [3.05, 3.63) is 59.8 Å². The molecular formula is C22H27N3O4S2. The lowest BCUT2D eigenvalue weighted by molar-refractivity contribution is 0.322. The molecule has 0 spiro atoms. The van der Waals surface area contributed by atoms with E-state index in [4.69, 9.17) is 0 Å². The van der Waals surface area contributed by atoms with E-state index < -0.39 is 20.0 Å². The van der Waals surface area contributed by atoms with Crippen LogP contribution >= 0.6 is 0 Å². The molecule has 4 rings (SSSR count). The Bertz CT molecular complexity index is 1310. The van der Waals surface area contributed by atoms with Gasteiger partial charge in [0.25, 0.3) is 0 Å². The third-order valence-electron chi connectivity index (χ3n) is 6.05. The van der Waals surface area contributed by atoms with Gasteiger partial charge in [-0.1, -0.05) is 32.0 Å². The fraction of sp³-hybridized carbons (Fsp3) is 0.364. The first-order valence-corrected chi connectivity index (χ1v) is 13.3. The van der Waals surface area contributed by atoms with Crippen molar-refractivity contribution < 1.29 is 16.8 Å². The molecule has 0 saturated carbocycles. The van der Waals surface area contributed by atoms with E-state index in [9.17, 15) is 16.8 Å². The molecule has 0 aliphatic carbocycles. The molecule has 3 aromatic rings. The van der Waals surface area contributed by atoms with Crippen molar-refractivity contribution in [3.8, 4) is 0 Å². The minimum Gasteiger partial charge on any atom is -0.357 e. The summed E-state index contributed by atoms with van der Waals surface area (Å²) in [6.07, 6.45) is 0.622. The van der Waals surface area contributed by atoms with Gasteiger partial charge in [0.15, 0.2) is 0 Å². The van der Waals surface area contributed by atoms with E-state index in [2.05, 4.69) is 11.1 Å². The van der Waals surface area contributed by atoms with Gasteiger partial charge in [0.2, 0.25) is 20.0 Å². The van der Waals surface area contributed by atoms with Crippen LogP contribution in [0.3, 0.4) is 0 Å². The summed E-state index contributed by atoms with van der Waals surface area (Å²) in [6.45, 7) is 6.52. The molecule has 1 N–H and O–H groups in total. The van der Waals surface area contributed by atoms with Gasteiger partial charge >= 0.3 is 0 Å². The number of hydrogen-bond donors (Lipinski definition) is 1. The van der Waals surface area contributed by atoms with Gasteiger partial charge < -0.3 is 4.98 Å². The Balaban J connectivity index is 1.66. The Kier molecular flexibility index (Phi) is 5.72. The Labute approximate surface area is 183 Å². The van der Waals surface area contributed by atoms with Crippen molar-refractivity contribution in [1.29, 1.82) is 0 Å². The number of hydrogen-bond acceptors (Lipinski definition) is 4. The van der Waals surface area contributed by atoms with Crippen LogP contribution in [0.25, 0.3) is 10.9 Å². The summed E-state index contributed by atoms with van der Waals surface area (Å²) >= 11 is 0. The number of sulfonamides is 2. The van der Waals surface area contributed by atoms with Gasteiger partial charge in [-0.3, -0.25) is 0 Å². The maximum atomic E-state index is 13.4. The highest BCUT2D eigenvalue weighted by Gasteiger charge is 2.36. The largest absolute Gasteiger partial charge is 0.357 e. The topological polar surface area (TPSA) is 90.6 Å². The second-order valence-corrected chi connectivity index (χ2v) is 11.5. The fourth-order valence-electron chi connectivity index (χ4n) is 4.37. The van der Waals surface area contributed by atoms with Crippen LogP contribution in [-0.4, -0.2) is 50.1 Å². The lowest BCUT2D eigenvalue weighted by Crippen LogP contribution is -2.38. The van der Waals surface area contributed by atoms with Crippen molar-refractivity contribution in [2.45, 2.75) is 43.0 Å². The highest BCUT2D eigenvalue weighted by atomic mass is 32.2. The SMILES string of the molecule is CCN(CC)S(=O)(=O)c1ccc(S(=O)(=O)N2CCc3c([nH]c4ccccc34)C2C)cc1. The van der Waals surface area contributed by atoms with Gasteiger partial charge in [-0.05, 0) is 49.2 Å². The van der Waals surface area contributed by atoms with Crippen molar-refractivity contribution in [3.63, 3.8) is 0 Å². The molecule has 2 heterocycles. The normalized spacial score (nSPS) is 17.9. The molecule has 0 saturated heterocycles. The average molecular weight is 462 g/mol. The zero-order valence-corrected chi connectivity index (χ0v) is 19.5. The van der Waals surface area contributed by atoms with Crippen LogP contribution in [0.15, 0.2) is 58.3 Å². The molecule has 1 aromatic heterocycles. The first kappa shape index (κ1) is 22.0. The van der Waals surface area contributed by atoms with Crippen LogP contribution in [0, 0.1) is 0 Å². The number of nitrogens with zero attached hydrogens (tertiary/aromatic N) is 2. The molecule has 0 fully saturated rings. The number of aromatic amines is 1. The van der Waals surface area contributed by atoms with E-state index in [0.717, 1.165) is 22.2 Å². The lowest BCUT2D eigenvalue weighted by atomic mass is 10.0. The summed E-state index contributed by atoms with van der Waals surface area (Å²) in [5.74, 6) is 0. The summed E-state index contributed by atoms with van der Waals surface area (Å²) in [7, 11) is -7.41.